The first-order valence-electron chi connectivity index (χ1n) is 10.1. The fourth-order valence-corrected chi connectivity index (χ4v) is 2.90. The van der Waals surface area contributed by atoms with Gasteiger partial charge in [-0.3, -0.25) is 0 Å². The lowest BCUT2D eigenvalue weighted by Crippen LogP contribution is -2.06. The van der Waals surface area contributed by atoms with E-state index in [-0.39, 0.29) is 0 Å². The molecule has 4 nitrogen and oxygen atoms in total. The summed E-state index contributed by atoms with van der Waals surface area (Å²) in [6.45, 7) is 5.29. The maximum atomic E-state index is 5.91. The van der Waals surface area contributed by atoms with Gasteiger partial charge in [0.2, 0.25) is 0 Å². The Morgan fingerprint density at radius 3 is 2.28 bits per heavy atom. The minimum atomic E-state index is 0.572. The minimum absolute atomic E-state index is 0.572. The topological polar surface area (TPSA) is 39.7 Å². The number of nitrogens with one attached hydrogen (secondary N) is 1. The van der Waals surface area contributed by atoms with Gasteiger partial charge in [-0.05, 0) is 42.3 Å². The van der Waals surface area contributed by atoms with E-state index in [1.807, 2.05) is 43.3 Å². The van der Waals surface area contributed by atoms with Crippen molar-refractivity contribution >= 4 is 5.69 Å². The molecule has 0 saturated heterocycles. The third-order valence-electron chi connectivity index (χ3n) is 4.46. The average molecular weight is 392 g/mol. The molecule has 0 heterocycles. The molecule has 0 aliphatic rings. The highest BCUT2D eigenvalue weighted by atomic mass is 16.5. The number of rotatable bonds is 12. The summed E-state index contributed by atoms with van der Waals surface area (Å²) in [7, 11) is 0. The van der Waals surface area contributed by atoms with Crippen LogP contribution in [0.5, 0.6) is 11.5 Å². The first-order chi connectivity index (χ1) is 14.3. The number of hydrogen-bond donors (Lipinski definition) is 1. The van der Waals surface area contributed by atoms with E-state index in [0.29, 0.717) is 26.4 Å². The molecule has 0 bridgehead atoms. The molecule has 0 atom stereocenters. The van der Waals surface area contributed by atoms with Crippen LogP contribution in [0.25, 0.3) is 0 Å². The Hall–Kier alpha value is -2.98. The molecule has 3 aromatic rings. The van der Waals surface area contributed by atoms with Gasteiger partial charge < -0.3 is 19.5 Å². The molecule has 152 valence electrons. The molecule has 0 aliphatic heterocycles. The van der Waals surface area contributed by atoms with Crippen LogP contribution in [0.2, 0.25) is 0 Å². The van der Waals surface area contributed by atoms with Crippen molar-refractivity contribution < 1.29 is 14.2 Å². The lowest BCUT2D eigenvalue weighted by Gasteiger charge is -2.11. The first-order valence-corrected chi connectivity index (χ1v) is 10.1. The molecule has 0 spiro atoms. The first kappa shape index (κ1) is 20.7. The van der Waals surface area contributed by atoms with E-state index in [0.717, 1.165) is 30.2 Å². The normalized spacial score (nSPS) is 10.5. The van der Waals surface area contributed by atoms with E-state index in [2.05, 4.69) is 47.8 Å². The van der Waals surface area contributed by atoms with Crippen molar-refractivity contribution in [3.05, 3.63) is 90.0 Å². The summed E-state index contributed by atoms with van der Waals surface area (Å²) >= 11 is 0. The largest absolute Gasteiger partial charge is 0.493 e. The smallest absolute Gasteiger partial charge is 0.121 e. The van der Waals surface area contributed by atoms with Gasteiger partial charge in [0.05, 0.1) is 13.2 Å². The van der Waals surface area contributed by atoms with Crippen LogP contribution in [-0.4, -0.2) is 26.4 Å². The van der Waals surface area contributed by atoms with Gasteiger partial charge in [0.25, 0.3) is 0 Å². The second-order valence-corrected chi connectivity index (χ2v) is 6.65. The van der Waals surface area contributed by atoms with Gasteiger partial charge in [0.1, 0.15) is 18.1 Å². The molecule has 0 unspecified atom stereocenters. The summed E-state index contributed by atoms with van der Waals surface area (Å²) in [4.78, 5) is 0. The summed E-state index contributed by atoms with van der Waals surface area (Å²) in [5, 5.41) is 3.45. The van der Waals surface area contributed by atoms with E-state index in [9.17, 15) is 0 Å². The molecular formula is C25H29NO3. The van der Waals surface area contributed by atoms with Gasteiger partial charge in [-0.1, -0.05) is 48.5 Å². The summed E-state index contributed by atoms with van der Waals surface area (Å²) in [5.74, 6) is 1.74. The summed E-state index contributed by atoms with van der Waals surface area (Å²) in [6, 6.07) is 26.6. The lowest BCUT2D eigenvalue weighted by molar-refractivity contribution is 0.110. The molecule has 0 aliphatic carbocycles. The summed E-state index contributed by atoms with van der Waals surface area (Å²) in [6.07, 6.45) is 0.900. The zero-order valence-corrected chi connectivity index (χ0v) is 17.0. The van der Waals surface area contributed by atoms with Gasteiger partial charge in [0.15, 0.2) is 0 Å². The Balaban J connectivity index is 1.42. The Bertz CT molecular complexity index is 834. The van der Waals surface area contributed by atoms with Crippen LogP contribution in [0.3, 0.4) is 0 Å². The highest BCUT2D eigenvalue weighted by molar-refractivity contribution is 5.48. The molecule has 0 fully saturated rings. The fraction of sp³-hybridized carbons (Fsp3) is 0.280. The van der Waals surface area contributed by atoms with Gasteiger partial charge in [-0.25, -0.2) is 0 Å². The molecule has 3 rings (SSSR count). The van der Waals surface area contributed by atoms with Gasteiger partial charge >= 0.3 is 0 Å². The molecule has 0 aromatic heterocycles. The number of anilines is 1. The van der Waals surface area contributed by atoms with E-state index >= 15 is 0 Å². The Labute approximate surface area is 173 Å². The van der Waals surface area contributed by atoms with Gasteiger partial charge in [-0.15, -0.1) is 0 Å². The zero-order valence-electron chi connectivity index (χ0n) is 17.0. The van der Waals surface area contributed by atoms with Crippen LogP contribution in [0.1, 0.15) is 18.1 Å². The average Bonchev–Trinajstić information content (AvgIpc) is 2.77. The molecule has 1 N–H and O–H groups in total. The predicted molar refractivity (Wildman–Crippen MR) is 118 cm³/mol. The highest BCUT2D eigenvalue weighted by Crippen LogP contribution is 2.19. The third-order valence-corrected chi connectivity index (χ3v) is 4.46. The lowest BCUT2D eigenvalue weighted by atomic mass is 10.2. The van der Waals surface area contributed by atoms with Crippen molar-refractivity contribution in [2.75, 3.05) is 31.7 Å². The highest BCUT2D eigenvalue weighted by Gasteiger charge is 2.00. The zero-order chi connectivity index (χ0) is 20.2. The van der Waals surface area contributed by atoms with Crippen LogP contribution in [0.4, 0.5) is 5.69 Å². The quantitative estimate of drug-likeness (QED) is 0.423. The summed E-state index contributed by atoms with van der Waals surface area (Å²) in [5.41, 5.74) is 3.52. The standard InChI is InChI=1S/C25H29NO3/c1-2-27-17-18-29-24-13-11-22(12-14-24)20-26-23-9-6-10-25(19-23)28-16-15-21-7-4-3-5-8-21/h3-14,19,26H,2,15-18,20H2,1H3. The molecule has 3 aromatic carbocycles. The molecule has 29 heavy (non-hydrogen) atoms. The third kappa shape index (κ3) is 7.51. The van der Waals surface area contributed by atoms with Crippen molar-refractivity contribution in [3.8, 4) is 11.5 Å². The molecular weight excluding hydrogens is 362 g/mol. The predicted octanol–water partition coefficient (Wildman–Crippen LogP) is 5.34. The molecule has 0 saturated carbocycles. The monoisotopic (exact) mass is 391 g/mol. The number of benzene rings is 3. The van der Waals surface area contributed by atoms with Crippen LogP contribution in [0, 0.1) is 0 Å². The van der Waals surface area contributed by atoms with E-state index in [1.165, 1.54) is 11.1 Å². The van der Waals surface area contributed by atoms with E-state index in [1.54, 1.807) is 0 Å². The molecule has 4 heteroatoms. The second-order valence-electron chi connectivity index (χ2n) is 6.65. The van der Waals surface area contributed by atoms with Crippen LogP contribution >= 0.6 is 0 Å². The van der Waals surface area contributed by atoms with Crippen molar-refractivity contribution in [1.82, 2.24) is 0 Å². The van der Waals surface area contributed by atoms with E-state index < -0.39 is 0 Å². The fourth-order valence-electron chi connectivity index (χ4n) is 2.90. The second kappa shape index (κ2) is 11.8. The van der Waals surface area contributed by atoms with Crippen LogP contribution in [0.15, 0.2) is 78.9 Å². The Kier molecular flexibility index (Phi) is 8.42. The van der Waals surface area contributed by atoms with Crippen molar-refractivity contribution in [1.29, 1.82) is 0 Å². The number of hydrogen-bond acceptors (Lipinski definition) is 4. The molecule has 0 radical (unpaired) electrons. The van der Waals surface area contributed by atoms with Gasteiger partial charge in [0, 0.05) is 31.3 Å². The maximum Gasteiger partial charge on any atom is 0.121 e. The number of ether oxygens (including phenoxy) is 3. The summed E-state index contributed by atoms with van der Waals surface area (Å²) < 4.78 is 16.8. The SMILES string of the molecule is CCOCCOc1ccc(CNc2cccc(OCCc3ccccc3)c2)cc1. The van der Waals surface area contributed by atoms with Crippen molar-refractivity contribution in [2.45, 2.75) is 19.9 Å². The van der Waals surface area contributed by atoms with E-state index in [4.69, 9.17) is 14.2 Å². The van der Waals surface area contributed by atoms with Crippen LogP contribution < -0.4 is 14.8 Å². The Morgan fingerprint density at radius 2 is 1.48 bits per heavy atom. The van der Waals surface area contributed by atoms with Crippen molar-refractivity contribution in [3.63, 3.8) is 0 Å². The Morgan fingerprint density at radius 1 is 0.690 bits per heavy atom. The molecule has 0 amide bonds. The van der Waals surface area contributed by atoms with Crippen LogP contribution in [-0.2, 0) is 17.7 Å². The minimum Gasteiger partial charge on any atom is -0.493 e. The van der Waals surface area contributed by atoms with Crippen molar-refractivity contribution in [2.24, 2.45) is 0 Å². The maximum absolute atomic E-state index is 5.91. The van der Waals surface area contributed by atoms with Gasteiger partial charge in [-0.2, -0.15) is 0 Å².